The van der Waals surface area contributed by atoms with E-state index in [0.29, 0.717) is 5.41 Å². The van der Waals surface area contributed by atoms with Crippen molar-refractivity contribution >= 4 is 0 Å². The van der Waals surface area contributed by atoms with Crippen LogP contribution in [0.3, 0.4) is 0 Å². The van der Waals surface area contributed by atoms with Crippen LogP contribution in [0.25, 0.3) is 0 Å². The Morgan fingerprint density at radius 1 is 1.12 bits per heavy atom. The lowest BCUT2D eigenvalue weighted by molar-refractivity contribution is 0.0889. The predicted octanol–water partition coefficient (Wildman–Crippen LogP) is 4.13. The molecule has 1 nitrogen and oxygen atoms in total. The molecule has 2 aliphatic carbocycles. The minimum absolute atomic E-state index is 0.667. The molecule has 1 atom stereocenters. The molecule has 0 aliphatic heterocycles. The highest BCUT2D eigenvalue weighted by atomic mass is 14.9. The maximum atomic E-state index is 3.91. The van der Waals surface area contributed by atoms with Gasteiger partial charge in [0.15, 0.2) is 0 Å². The summed E-state index contributed by atoms with van der Waals surface area (Å²) in [4.78, 5) is 0. The summed E-state index contributed by atoms with van der Waals surface area (Å²) in [6.07, 6.45) is 13.1. The van der Waals surface area contributed by atoms with Crippen LogP contribution in [0.15, 0.2) is 0 Å². The van der Waals surface area contributed by atoms with E-state index in [4.69, 9.17) is 0 Å². The van der Waals surface area contributed by atoms with Crippen molar-refractivity contribution in [3.05, 3.63) is 0 Å². The number of nitrogens with one attached hydrogen (secondary N) is 1. The highest BCUT2D eigenvalue weighted by Gasteiger charge is 2.44. The first-order valence-corrected chi connectivity index (χ1v) is 7.56. The fourth-order valence-corrected chi connectivity index (χ4v) is 3.92. The van der Waals surface area contributed by atoms with Gasteiger partial charge in [-0.2, -0.15) is 0 Å². The molecular weight excluding hydrogens is 194 g/mol. The standard InChI is InChI=1S/C15H29N/c1-3-12-16-14(13-8-7-9-13)15(4-2)10-5-6-11-15/h13-14,16H,3-12H2,1-2H3. The molecule has 2 fully saturated rings. The lowest BCUT2D eigenvalue weighted by Gasteiger charge is -2.46. The second-order valence-corrected chi connectivity index (χ2v) is 6.05. The van der Waals surface area contributed by atoms with E-state index in [0.717, 1.165) is 12.0 Å². The van der Waals surface area contributed by atoms with Gasteiger partial charge in [-0.15, -0.1) is 0 Å². The van der Waals surface area contributed by atoms with Crippen LogP contribution in [0.2, 0.25) is 0 Å². The summed E-state index contributed by atoms with van der Waals surface area (Å²) in [7, 11) is 0. The Morgan fingerprint density at radius 2 is 1.81 bits per heavy atom. The van der Waals surface area contributed by atoms with E-state index in [2.05, 4.69) is 19.2 Å². The third-order valence-electron chi connectivity index (χ3n) is 5.20. The van der Waals surface area contributed by atoms with Gasteiger partial charge in [0.05, 0.1) is 0 Å². The van der Waals surface area contributed by atoms with Gasteiger partial charge in [0.1, 0.15) is 0 Å². The molecule has 0 aromatic carbocycles. The Morgan fingerprint density at radius 3 is 2.25 bits per heavy atom. The van der Waals surface area contributed by atoms with Crippen LogP contribution < -0.4 is 5.32 Å². The van der Waals surface area contributed by atoms with Gasteiger partial charge in [-0.25, -0.2) is 0 Å². The third kappa shape index (κ3) is 2.30. The Hall–Kier alpha value is -0.0400. The molecule has 2 rings (SSSR count). The van der Waals surface area contributed by atoms with Gasteiger partial charge in [0.2, 0.25) is 0 Å². The smallest absolute Gasteiger partial charge is 0.0152 e. The SMILES string of the molecule is CCCNC(C1CCC1)C1(CC)CCCC1. The number of rotatable bonds is 6. The van der Waals surface area contributed by atoms with E-state index in [1.807, 2.05) is 0 Å². The average molecular weight is 223 g/mol. The first-order valence-electron chi connectivity index (χ1n) is 7.56. The third-order valence-corrected chi connectivity index (χ3v) is 5.20. The molecule has 0 radical (unpaired) electrons. The van der Waals surface area contributed by atoms with E-state index >= 15 is 0 Å². The molecule has 0 spiro atoms. The quantitative estimate of drug-likeness (QED) is 0.714. The van der Waals surface area contributed by atoms with Gasteiger partial charge in [-0.1, -0.05) is 33.1 Å². The van der Waals surface area contributed by atoms with Gasteiger partial charge in [0, 0.05) is 6.04 Å². The Labute approximate surface area is 101 Å². The summed E-state index contributed by atoms with van der Waals surface area (Å²) >= 11 is 0. The molecule has 0 bridgehead atoms. The summed E-state index contributed by atoms with van der Waals surface area (Å²) in [6, 6.07) is 0.841. The molecule has 1 unspecified atom stereocenters. The van der Waals surface area contributed by atoms with Crippen LogP contribution in [-0.2, 0) is 0 Å². The maximum absolute atomic E-state index is 3.91. The molecule has 0 amide bonds. The van der Waals surface area contributed by atoms with Crippen molar-refractivity contribution in [2.24, 2.45) is 11.3 Å². The van der Waals surface area contributed by atoms with Gasteiger partial charge >= 0.3 is 0 Å². The van der Waals surface area contributed by atoms with Crippen molar-refractivity contribution in [1.82, 2.24) is 5.32 Å². The van der Waals surface area contributed by atoms with Crippen LogP contribution in [0.4, 0.5) is 0 Å². The maximum Gasteiger partial charge on any atom is 0.0152 e. The monoisotopic (exact) mass is 223 g/mol. The van der Waals surface area contributed by atoms with Gasteiger partial charge in [0.25, 0.3) is 0 Å². The molecule has 0 aromatic heterocycles. The van der Waals surface area contributed by atoms with E-state index in [-0.39, 0.29) is 0 Å². The Balaban J connectivity index is 2.02. The van der Waals surface area contributed by atoms with Crippen molar-refractivity contribution in [3.8, 4) is 0 Å². The van der Waals surface area contributed by atoms with Crippen molar-refractivity contribution in [1.29, 1.82) is 0 Å². The van der Waals surface area contributed by atoms with Crippen LogP contribution in [0.1, 0.15) is 71.6 Å². The molecule has 2 aliphatic rings. The zero-order valence-corrected chi connectivity index (χ0v) is 11.2. The van der Waals surface area contributed by atoms with Crippen molar-refractivity contribution in [2.45, 2.75) is 77.7 Å². The first kappa shape index (κ1) is 12.4. The van der Waals surface area contributed by atoms with Crippen LogP contribution >= 0.6 is 0 Å². The van der Waals surface area contributed by atoms with Gasteiger partial charge in [-0.3, -0.25) is 0 Å². The zero-order valence-electron chi connectivity index (χ0n) is 11.2. The molecule has 0 aromatic rings. The minimum atomic E-state index is 0.667. The molecule has 0 saturated heterocycles. The lowest BCUT2D eigenvalue weighted by atomic mass is 9.65. The Bertz CT molecular complexity index is 201. The lowest BCUT2D eigenvalue weighted by Crippen LogP contribution is -2.50. The largest absolute Gasteiger partial charge is 0.313 e. The fourth-order valence-electron chi connectivity index (χ4n) is 3.92. The number of hydrogen-bond acceptors (Lipinski definition) is 1. The normalized spacial score (nSPS) is 26.6. The van der Waals surface area contributed by atoms with Crippen LogP contribution in [-0.4, -0.2) is 12.6 Å². The summed E-state index contributed by atoms with van der Waals surface area (Å²) < 4.78 is 0. The average Bonchev–Trinajstić information content (AvgIpc) is 2.71. The molecular formula is C15H29N. The molecule has 16 heavy (non-hydrogen) atoms. The highest BCUT2D eigenvalue weighted by Crippen LogP contribution is 2.49. The fraction of sp³-hybridized carbons (Fsp3) is 1.00. The van der Waals surface area contributed by atoms with Crippen LogP contribution in [0, 0.1) is 11.3 Å². The number of hydrogen-bond donors (Lipinski definition) is 1. The van der Waals surface area contributed by atoms with Gasteiger partial charge in [-0.05, 0) is 56.4 Å². The highest BCUT2D eigenvalue weighted by molar-refractivity contribution is 4.99. The molecule has 2 saturated carbocycles. The molecule has 1 N–H and O–H groups in total. The van der Waals surface area contributed by atoms with Crippen molar-refractivity contribution in [3.63, 3.8) is 0 Å². The minimum Gasteiger partial charge on any atom is -0.313 e. The summed E-state index contributed by atoms with van der Waals surface area (Å²) in [5.41, 5.74) is 0.667. The van der Waals surface area contributed by atoms with Crippen molar-refractivity contribution < 1.29 is 0 Å². The molecule has 1 heteroatoms. The topological polar surface area (TPSA) is 12.0 Å². The van der Waals surface area contributed by atoms with Crippen molar-refractivity contribution in [2.75, 3.05) is 6.54 Å². The van der Waals surface area contributed by atoms with Crippen LogP contribution in [0.5, 0.6) is 0 Å². The summed E-state index contributed by atoms with van der Waals surface area (Å²) in [5, 5.41) is 3.91. The zero-order chi connectivity index (χ0) is 11.4. The molecule has 0 heterocycles. The second kappa shape index (κ2) is 5.53. The van der Waals surface area contributed by atoms with E-state index in [1.165, 1.54) is 64.3 Å². The second-order valence-electron chi connectivity index (χ2n) is 6.05. The van der Waals surface area contributed by atoms with Gasteiger partial charge < -0.3 is 5.32 Å². The Kier molecular flexibility index (Phi) is 4.29. The first-order chi connectivity index (χ1) is 7.82. The molecule has 94 valence electrons. The summed E-state index contributed by atoms with van der Waals surface area (Å²) in [5.74, 6) is 1.00. The van der Waals surface area contributed by atoms with E-state index in [1.54, 1.807) is 0 Å². The van der Waals surface area contributed by atoms with E-state index in [9.17, 15) is 0 Å². The summed E-state index contributed by atoms with van der Waals surface area (Å²) in [6.45, 7) is 5.94. The predicted molar refractivity (Wildman–Crippen MR) is 70.6 cm³/mol. The van der Waals surface area contributed by atoms with E-state index < -0.39 is 0 Å².